The van der Waals surface area contributed by atoms with E-state index in [1.165, 1.54) is 0 Å². The van der Waals surface area contributed by atoms with Crippen LogP contribution >= 0.6 is 0 Å². The summed E-state index contributed by atoms with van der Waals surface area (Å²) in [5.74, 6) is 0.354. The minimum Gasteiger partial charge on any atom is -0.320 e. The van der Waals surface area contributed by atoms with Crippen molar-refractivity contribution in [2.75, 3.05) is 5.32 Å². The lowest BCUT2D eigenvalue weighted by Gasteiger charge is -2.14. The first kappa shape index (κ1) is 17.6. The van der Waals surface area contributed by atoms with E-state index in [4.69, 9.17) is 4.98 Å². The highest BCUT2D eigenvalue weighted by Gasteiger charge is 2.27. The molecule has 1 fully saturated rings. The number of aryl methyl sites for hydroxylation is 2. The van der Waals surface area contributed by atoms with E-state index < -0.39 is 0 Å². The molecule has 0 bridgehead atoms. The Bertz CT molecular complexity index is 1240. The highest BCUT2D eigenvalue weighted by Crippen LogP contribution is 2.40. The van der Waals surface area contributed by atoms with Crippen molar-refractivity contribution in [3.63, 3.8) is 0 Å². The highest BCUT2D eigenvalue weighted by atomic mass is 16.1. The number of hydrogen-bond acceptors (Lipinski definition) is 3. The van der Waals surface area contributed by atoms with Crippen molar-refractivity contribution in [1.29, 1.82) is 0 Å². The van der Waals surface area contributed by atoms with Gasteiger partial charge in [-0.1, -0.05) is 30.3 Å². The Labute approximate surface area is 169 Å². The van der Waals surface area contributed by atoms with Crippen LogP contribution in [0.15, 0.2) is 60.7 Å². The van der Waals surface area contributed by atoms with Crippen LogP contribution in [0.1, 0.15) is 46.2 Å². The average molecular weight is 382 g/mol. The lowest BCUT2D eigenvalue weighted by atomic mass is 10.1. The SMILES string of the molecule is Cc1cc(C)n(-c2ccccc2NC(=O)c2cc(C3CC3)nc3ccccc23)n1. The minimum atomic E-state index is -0.125. The maximum Gasteiger partial charge on any atom is 0.256 e. The summed E-state index contributed by atoms with van der Waals surface area (Å²) in [6.07, 6.45) is 2.29. The Kier molecular flexibility index (Phi) is 4.16. The summed E-state index contributed by atoms with van der Waals surface area (Å²) in [5, 5.41) is 8.56. The van der Waals surface area contributed by atoms with Gasteiger partial charge in [-0.15, -0.1) is 0 Å². The molecule has 5 heteroatoms. The number of benzene rings is 2. The molecule has 0 aliphatic heterocycles. The molecule has 1 saturated carbocycles. The van der Waals surface area contributed by atoms with Crippen LogP contribution in [0, 0.1) is 13.8 Å². The zero-order valence-electron chi connectivity index (χ0n) is 16.5. The molecule has 0 atom stereocenters. The number of anilines is 1. The number of hydrogen-bond donors (Lipinski definition) is 1. The summed E-state index contributed by atoms with van der Waals surface area (Å²) < 4.78 is 1.87. The summed E-state index contributed by atoms with van der Waals surface area (Å²) >= 11 is 0. The van der Waals surface area contributed by atoms with Crippen molar-refractivity contribution in [2.45, 2.75) is 32.6 Å². The predicted octanol–water partition coefficient (Wildman–Crippen LogP) is 5.17. The molecule has 1 aliphatic rings. The van der Waals surface area contributed by atoms with Crippen LogP contribution in [0.25, 0.3) is 16.6 Å². The number of nitrogens with zero attached hydrogens (tertiary/aromatic N) is 3. The van der Waals surface area contributed by atoms with Crippen LogP contribution in [0.3, 0.4) is 0 Å². The van der Waals surface area contributed by atoms with Gasteiger partial charge < -0.3 is 5.32 Å². The van der Waals surface area contributed by atoms with E-state index in [1.54, 1.807) is 0 Å². The fourth-order valence-electron chi connectivity index (χ4n) is 3.80. The van der Waals surface area contributed by atoms with Crippen molar-refractivity contribution >= 4 is 22.5 Å². The molecule has 1 N–H and O–H groups in total. The molecule has 2 aromatic carbocycles. The molecule has 1 amide bonds. The van der Waals surface area contributed by atoms with Gasteiger partial charge in [0.2, 0.25) is 0 Å². The number of pyridine rings is 1. The van der Waals surface area contributed by atoms with Gasteiger partial charge in [0.25, 0.3) is 5.91 Å². The zero-order chi connectivity index (χ0) is 20.0. The molecule has 144 valence electrons. The molecule has 1 aliphatic carbocycles. The lowest BCUT2D eigenvalue weighted by molar-refractivity contribution is 0.102. The third-order valence-corrected chi connectivity index (χ3v) is 5.37. The molecule has 2 aromatic heterocycles. The second kappa shape index (κ2) is 6.85. The number of carbonyl (C=O) groups is 1. The zero-order valence-corrected chi connectivity index (χ0v) is 16.5. The van der Waals surface area contributed by atoms with E-state index in [2.05, 4.69) is 10.4 Å². The third kappa shape index (κ3) is 3.29. The molecule has 0 unspecified atom stereocenters. The molecule has 0 saturated heterocycles. The second-order valence-electron chi connectivity index (χ2n) is 7.70. The standard InChI is InChI=1S/C24H22N4O/c1-15-13-16(2)28(27-15)23-10-6-5-9-21(23)26-24(29)19-14-22(17-11-12-17)25-20-8-4-3-7-18(19)20/h3-10,13-14,17H,11-12H2,1-2H3,(H,26,29). The van der Waals surface area contributed by atoms with Crippen molar-refractivity contribution in [3.8, 4) is 5.69 Å². The van der Waals surface area contributed by atoms with E-state index in [9.17, 15) is 4.79 Å². The molecular weight excluding hydrogens is 360 g/mol. The lowest BCUT2D eigenvalue weighted by Crippen LogP contribution is -2.15. The van der Waals surface area contributed by atoms with Gasteiger partial charge in [0, 0.05) is 22.7 Å². The van der Waals surface area contributed by atoms with E-state index in [0.717, 1.165) is 52.2 Å². The Morgan fingerprint density at radius 1 is 1.03 bits per heavy atom. The summed E-state index contributed by atoms with van der Waals surface area (Å²) in [6, 6.07) is 19.6. The smallest absolute Gasteiger partial charge is 0.256 e. The maximum atomic E-state index is 13.3. The van der Waals surface area contributed by atoms with Crippen molar-refractivity contribution in [3.05, 3.63) is 83.3 Å². The topological polar surface area (TPSA) is 59.8 Å². The van der Waals surface area contributed by atoms with Gasteiger partial charge >= 0.3 is 0 Å². The Balaban J connectivity index is 1.56. The van der Waals surface area contributed by atoms with Crippen molar-refractivity contribution in [2.24, 2.45) is 0 Å². The van der Waals surface area contributed by atoms with E-state index in [-0.39, 0.29) is 5.91 Å². The second-order valence-corrected chi connectivity index (χ2v) is 7.70. The first-order chi connectivity index (χ1) is 14.1. The number of para-hydroxylation sites is 3. The van der Waals surface area contributed by atoms with Crippen LogP contribution in [-0.2, 0) is 0 Å². The summed E-state index contributed by atoms with van der Waals surface area (Å²) in [4.78, 5) is 18.1. The van der Waals surface area contributed by atoms with Crippen LogP contribution in [0.2, 0.25) is 0 Å². The fraction of sp³-hybridized carbons (Fsp3) is 0.208. The molecular formula is C24H22N4O. The Morgan fingerprint density at radius 2 is 1.79 bits per heavy atom. The van der Waals surface area contributed by atoms with Crippen LogP contribution in [0.4, 0.5) is 5.69 Å². The number of fused-ring (bicyclic) bond motifs is 1. The fourth-order valence-corrected chi connectivity index (χ4v) is 3.80. The van der Waals surface area contributed by atoms with E-state index in [1.807, 2.05) is 79.2 Å². The molecule has 29 heavy (non-hydrogen) atoms. The number of aromatic nitrogens is 3. The normalized spacial score (nSPS) is 13.6. The Hall–Kier alpha value is -3.47. The van der Waals surface area contributed by atoms with Gasteiger partial charge in [0.05, 0.1) is 28.1 Å². The number of rotatable bonds is 4. The molecule has 4 aromatic rings. The minimum absolute atomic E-state index is 0.125. The van der Waals surface area contributed by atoms with Gasteiger partial charge in [-0.25, -0.2) is 4.68 Å². The van der Waals surface area contributed by atoms with Crippen LogP contribution < -0.4 is 5.32 Å². The van der Waals surface area contributed by atoms with E-state index >= 15 is 0 Å². The third-order valence-electron chi connectivity index (χ3n) is 5.37. The molecule has 0 spiro atoms. The van der Waals surface area contributed by atoms with Crippen LogP contribution in [0.5, 0.6) is 0 Å². The maximum absolute atomic E-state index is 13.3. The van der Waals surface area contributed by atoms with Gasteiger partial charge in [-0.3, -0.25) is 9.78 Å². The van der Waals surface area contributed by atoms with Gasteiger partial charge in [-0.2, -0.15) is 5.10 Å². The molecule has 0 radical (unpaired) electrons. The Morgan fingerprint density at radius 3 is 2.55 bits per heavy atom. The van der Waals surface area contributed by atoms with Gasteiger partial charge in [0.15, 0.2) is 0 Å². The largest absolute Gasteiger partial charge is 0.320 e. The first-order valence-electron chi connectivity index (χ1n) is 9.94. The molecule has 5 nitrogen and oxygen atoms in total. The first-order valence-corrected chi connectivity index (χ1v) is 9.94. The van der Waals surface area contributed by atoms with Crippen molar-refractivity contribution in [1.82, 2.24) is 14.8 Å². The quantitative estimate of drug-likeness (QED) is 0.530. The van der Waals surface area contributed by atoms with Gasteiger partial charge in [0.1, 0.15) is 0 Å². The van der Waals surface area contributed by atoms with Crippen molar-refractivity contribution < 1.29 is 4.79 Å². The summed E-state index contributed by atoms with van der Waals surface area (Å²) in [7, 11) is 0. The highest BCUT2D eigenvalue weighted by molar-refractivity contribution is 6.13. The van der Waals surface area contributed by atoms with Gasteiger partial charge in [-0.05, 0) is 57.0 Å². The summed E-state index contributed by atoms with van der Waals surface area (Å²) in [6.45, 7) is 3.98. The molecule has 5 rings (SSSR count). The monoisotopic (exact) mass is 382 g/mol. The van der Waals surface area contributed by atoms with E-state index in [0.29, 0.717) is 11.5 Å². The summed E-state index contributed by atoms with van der Waals surface area (Å²) in [5.41, 5.74) is 6.10. The number of nitrogens with one attached hydrogen (secondary N) is 1. The number of amides is 1. The number of carbonyl (C=O) groups excluding carboxylic acids is 1. The van der Waals surface area contributed by atoms with Crippen LogP contribution in [-0.4, -0.2) is 20.7 Å². The molecule has 2 heterocycles. The predicted molar refractivity (Wildman–Crippen MR) is 115 cm³/mol. The average Bonchev–Trinajstić information content (AvgIpc) is 3.52.